The van der Waals surface area contributed by atoms with Crippen LogP contribution < -0.4 is 11.5 Å². The van der Waals surface area contributed by atoms with Crippen LogP contribution in [0.3, 0.4) is 0 Å². The van der Waals surface area contributed by atoms with Crippen molar-refractivity contribution in [2.45, 2.75) is 24.9 Å². The summed E-state index contributed by atoms with van der Waals surface area (Å²) in [5.74, 6) is -0.189. The monoisotopic (exact) mass is 380 g/mol. The van der Waals surface area contributed by atoms with Gasteiger partial charge in [-0.1, -0.05) is 60.7 Å². The largest absolute Gasteiger partial charge is 0.370 e. The van der Waals surface area contributed by atoms with Gasteiger partial charge in [-0.25, -0.2) is 0 Å². The van der Waals surface area contributed by atoms with E-state index in [0.29, 0.717) is 26.2 Å². The Labute approximate surface area is 166 Å². The van der Waals surface area contributed by atoms with Crippen LogP contribution in [0.1, 0.15) is 23.5 Å². The van der Waals surface area contributed by atoms with E-state index >= 15 is 0 Å². The fraction of sp³-hybridized carbons (Fsp3) is 0.364. The third-order valence-electron chi connectivity index (χ3n) is 5.22. The highest BCUT2D eigenvalue weighted by atomic mass is 16.2. The molecule has 2 aromatic carbocycles. The van der Waals surface area contributed by atoms with E-state index in [9.17, 15) is 9.59 Å². The molecule has 1 heterocycles. The Morgan fingerprint density at radius 2 is 1.64 bits per heavy atom. The lowest BCUT2D eigenvalue weighted by atomic mass is 9.95. The fourth-order valence-electron chi connectivity index (χ4n) is 3.73. The number of rotatable bonds is 8. The fourth-order valence-corrected chi connectivity index (χ4v) is 3.73. The van der Waals surface area contributed by atoms with Crippen molar-refractivity contribution < 1.29 is 9.59 Å². The Morgan fingerprint density at radius 3 is 2.29 bits per heavy atom. The number of carbonyl (C=O) groups is 2. The minimum absolute atomic E-state index is 0.00314. The van der Waals surface area contributed by atoms with E-state index in [4.69, 9.17) is 11.5 Å². The van der Waals surface area contributed by atoms with Crippen LogP contribution in [0.4, 0.5) is 0 Å². The van der Waals surface area contributed by atoms with Gasteiger partial charge in [0.1, 0.15) is 0 Å². The second-order valence-electron chi connectivity index (χ2n) is 7.39. The van der Waals surface area contributed by atoms with Crippen molar-refractivity contribution in [3.63, 3.8) is 0 Å². The van der Waals surface area contributed by atoms with E-state index in [1.807, 2.05) is 48.5 Å². The van der Waals surface area contributed by atoms with Crippen molar-refractivity contribution in [2.24, 2.45) is 11.5 Å². The summed E-state index contributed by atoms with van der Waals surface area (Å²) in [5, 5.41) is 0. The van der Waals surface area contributed by atoms with Crippen molar-refractivity contribution in [3.05, 3.63) is 71.8 Å². The zero-order chi connectivity index (χ0) is 19.9. The normalized spacial score (nSPS) is 19.5. The van der Waals surface area contributed by atoms with Gasteiger partial charge in [0.05, 0.1) is 6.54 Å². The molecule has 28 heavy (non-hydrogen) atoms. The van der Waals surface area contributed by atoms with E-state index in [0.717, 1.165) is 12.1 Å². The van der Waals surface area contributed by atoms with E-state index in [2.05, 4.69) is 17.0 Å². The second kappa shape index (κ2) is 9.48. The summed E-state index contributed by atoms with van der Waals surface area (Å²) in [6, 6.07) is 20.0. The van der Waals surface area contributed by atoms with Crippen LogP contribution >= 0.6 is 0 Å². The molecule has 0 aliphatic carbocycles. The Balaban J connectivity index is 1.63. The van der Waals surface area contributed by atoms with Crippen molar-refractivity contribution in [1.82, 2.24) is 9.80 Å². The Bertz CT molecular complexity index is 782. The van der Waals surface area contributed by atoms with Gasteiger partial charge in [-0.2, -0.15) is 0 Å². The predicted octanol–water partition coefficient (Wildman–Crippen LogP) is 1.32. The lowest BCUT2D eigenvalue weighted by Gasteiger charge is -2.25. The van der Waals surface area contributed by atoms with Crippen LogP contribution in [0.15, 0.2) is 60.7 Å². The number of hydrogen-bond acceptors (Lipinski definition) is 4. The molecule has 0 saturated carbocycles. The van der Waals surface area contributed by atoms with Crippen molar-refractivity contribution >= 4 is 11.8 Å². The summed E-state index contributed by atoms with van der Waals surface area (Å²) in [4.78, 5) is 28.0. The molecule has 0 aromatic heterocycles. The summed E-state index contributed by atoms with van der Waals surface area (Å²) in [6.45, 7) is 2.52. The van der Waals surface area contributed by atoms with Gasteiger partial charge in [0, 0.05) is 44.6 Å². The van der Waals surface area contributed by atoms with Gasteiger partial charge in [0.15, 0.2) is 0 Å². The van der Waals surface area contributed by atoms with Crippen LogP contribution in [-0.2, 0) is 16.1 Å². The van der Waals surface area contributed by atoms with Gasteiger partial charge in [-0.3, -0.25) is 14.5 Å². The summed E-state index contributed by atoms with van der Waals surface area (Å²) in [5.41, 5.74) is 13.9. The second-order valence-corrected chi connectivity index (χ2v) is 7.39. The highest BCUT2D eigenvalue weighted by Gasteiger charge is 2.32. The molecule has 1 saturated heterocycles. The number of carbonyl (C=O) groups excluding carboxylic acids is 2. The average molecular weight is 380 g/mol. The van der Waals surface area contributed by atoms with Crippen LogP contribution in [-0.4, -0.2) is 53.8 Å². The lowest BCUT2D eigenvalue weighted by Crippen LogP contribution is -2.41. The van der Waals surface area contributed by atoms with Crippen molar-refractivity contribution in [1.29, 1.82) is 0 Å². The third kappa shape index (κ3) is 5.41. The molecule has 2 atom stereocenters. The molecule has 6 heteroatoms. The number of benzene rings is 2. The molecule has 2 aromatic rings. The number of amides is 2. The third-order valence-corrected chi connectivity index (χ3v) is 5.22. The molecule has 148 valence electrons. The van der Waals surface area contributed by atoms with Gasteiger partial charge in [-0.15, -0.1) is 0 Å². The number of primary amides is 1. The van der Waals surface area contributed by atoms with Crippen molar-refractivity contribution in [2.75, 3.05) is 26.2 Å². The maximum Gasteiger partial charge on any atom is 0.237 e. The molecule has 1 aliphatic heterocycles. The first-order valence-electron chi connectivity index (χ1n) is 9.66. The maximum absolute atomic E-state index is 13.0. The number of nitrogens with zero attached hydrogens (tertiary/aromatic N) is 2. The summed E-state index contributed by atoms with van der Waals surface area (Å²) in [6.07, 6.45) is 0.157. The first-order valence-corrected chi connectivity index (χ1v) is 9.66. The molecule has 0 spiro atoms. The first-order chi connectivity index (χ1) is 13.5. The average Bonchev–Trinajstić information content (AvgIpc) is 3.06. The van der Waals surface area contributed by atoms with Gasteiger partial charge in [0.2, 0.25) is 11.8 Å². The van der Waals surface area contributed by atoms with Crippen LogP contribution in [0.2, 0.25) is 0 Å². The summed E-state index contributed by atoms with van der Waals surface area (Å²) < 4.78 is 0. The van der Waals surface area contributed by atoms with Crippen molar-refractivity contribution in [3.8, 4) is 0 Å². The van der Waals surface area contributed by atoms with Crippen LogP contribution in [0.5, 0.6) is 0 Å². The molecule has 4 N–H and O–H groups in total. The quantitative estimate of drug-likeness (QED) is 0.722. The van der Waals surface area contributed by atoms with E-state index in [-0.39, 0.29) is 24.3 Å². The number of likely N-dealkylation sites (tertiary alicyclic amines) is 1. The molecule has 0 bridgehead atoms. The predicted molar refractivity (Wildman–Crippen MR) is 109 cm³/mol. The van der Waals surface area contributed by atoms with Crippen LogP contribution in [0, 0.1) is 0 Å². The standard InChI is InChI=1S/C22H28N4O2/c23-20-15-25(14-19(20)18-9-5-2-6-10-18)16-22(28)26(12-11-21(24)27)13-17-7-3-1-4-8-17/h1-10,19-20H,11-16,23H2,(H2,24,27)/t19-,20+/m0/s1. The Hall–Kier alpha value is -2.70. The minimum Gasteiger partial charge on any atom is -0.370 e. The van der Waals surface area contributed by atoms with Gasteiger partial charge >= 0.3 is 0 Å². The zero-order valence-electron chi connectivity index (χ0n) is 16.0. The number of nitrogens with two attached hydrogens (primary N) is 2. The topological polar surface area (TPSA) is 92.7 Å². The van der Waals surface area contributed by atoms with E-state index < -0.39 is 5.91 Å². The lowest BCUT2D eigenvalue weighted by molar-refractivity contribution is -0.133. The van der Waals surface area contributed by atoms with Gasteiger partial charge in [0.25, 0.3) is 0 Å². The summed E-state index contributed by atoms with van der Waals surface area (Å²) in [7, 11) is 0. The Kier molecular flexibility index (Phi) is 6.79. The Morgan fingerprint density at radius 1 is 1.00 bits per heavy atom. The molecule has 0 unspecified atom stereocenters. The molecular formula is C22H28N4O2. The maximum atomic E-state index is 13.0. The van der Waals surface area contributed by atoms with Crippen LogP contribution in [0.25, 0.3) is 0 Å². The highest BCUT2D eigenvalue weighted by Crippen LogP contribution is 2.26. The number of hydrogen-bond donors (Lipinski definition) is 2. The van der Waals surface area contributed by atoms with E-state index in [1.54, 1.807) is 4.90 Å². The molecular weight excluding hydrogens is 352 g/mol. The molecule has 2 amide bonds. The molecule has 1 aliphatic rings. The molecule has 0 radical (unpaired) electrons. The minimum atomic E-state index is -0.404. The smallest absolute Gasteiger partial charge is 0.237 e. The first kappa shape index (κ1) is 20.0. The zero-order valence-corrected chi connectivity index (χ0v) is 16.0. The van der Waals surface area contributed by atoms with Gasteiger partial charge < -0.3 is 16.4 Å². The summed E-state index contributed by atoms with van der Waals surface area (Å²) >= 11 is 0. The molecule has 1 fully saturated rings. The highest BCUT2D eigenvalue weighted by molar-refractivity contribution is 5.79. The molecule has 6 nitrogen and oxygen atoms in total. The molecule has 3 rings (SSSR count). The van der Waals surface area contributed by atoms with Gasteiger partial charge in [-0.05, 0) is 11.1 Å². The van der Waals surface area contributed by atoms with E-state index in [1.165, 1.54) is 5.56 Å². The SMILES string of the molecule is NC(=O)CCN(Cc1ccccc1)C(=O)CN1C[C@@H](N)[C@H](c2ccccc2)C1.